The molecule has 0 heterocycles. The van der Waals surface area contributed by atoms with Crippen molar-refractivity contribution in [2.75, 3.05) is 13.7 Å². The molecule has 2 atom stereocenters. The monoisotopic (exact) mass is 280 g/mol. The van der Waals surface area contributed by atoms with Crippen LogP contribution in [0.1, 0.15) is 38.8 Å². The highest BCUT2D eigenvalue weighted by molar-refractivity contribution is 5.80. The second kappa shape index (κ2) is 7.75. The molecular weight excluding hydrogens is 256 g/mol. The molecule has 5 nitrogen and oxygen atoms in total. The van der Waals surface area contributed by atoms with E-state index in [1.54, 1.807) is 20.1 Å². The first-order chi connectivity index (χ1) is 9.49. The fraction of sp³-hybridized carbons (Fsp3) is 0.533. The van der Waals surface area contributed by atoms with Crippen molar-refractivity contribution in [1.82, 2.24) is 5.32 Å². The summed E-state index contributed by atoms with van der Waals surface area (Å²) in [6.45, 7) is 6.26. The highest BCUT2D eigenvalue weighted by atomic mass is 16.5. The first kappa shape index (κ1) is 16.3. The van der Waals surface area contributed by atoms with Gasteiger partial charge in [0, 0.05) is 12.6 Å². The molecule has 0 spiro atoms. The number of methoxy groups -OCH3 is 1. The van der Waals surface area contributed by atoms with Gasteiger partial charge < -0.3 is 20.5 Å². The van der Waals surface area contributed by atoms with E-state index in [-0.39, 0.29) is 11.9 Å². The molecule has 1 rings (SSSR count). The highest BCUT2D eigenvalue weighted by Gasteiger charge is 2.16. The van der Waals surface area contributed by atoms with E-state index in [1.807, 2.05) is 26.0 Å². The van der Waals surface area contributed by atoms with E-state index < -0.39 is 6.10 Å². The zero-order chi connectivity index (χ0) is 15.1. The van der Waals surface area contributed by atoms with E-state index in [0.29, 0.717) is 18.0 Å². The number of carbonyl (C=O) groups is 1. The Balaban J connectivity index is 2.78. The fourth-order valence-corrected chi connectivity index (χ4v) is 1.70. The molecule has 2 unspecified atom stereocenters. The first-order valence-corrected chi connectivity index (χ1v) is 6.87. The molecule has 0 aliphatic carbocycles. The Kier molecular flexibility index (Phi) is 6.31. The Morgan fingerprint density at radius 1 is 1.35 bits per heavy atom. The number of rotatable bonds is 7. The largest absolute Gasteiger partial charge is 0.493 e. The van der Waals surface area contributed by atoms with E-state index in [9.17, 15) is 4.79 Å². The molecule has 1 amide bonds. The number of carbonyl (C=O) groups excluding carboxylic acids is 1. The van der Waals surface area contributed by atoms with Crippen molar-refractivity contribution in [1.29, 1.82) is 0 Å². The lowest BCUT2D eigenvalue weighted by molar-refractivity contribution is -0.127. The lowest BCUT2D eigenvalue weighted by atomic mass is 10.1. The quantitative estimate of drug-likeness (QED) is 0.801. The SMILES string of the molecule is CCCNC(=O)C(C)Oc1ccc(C(C)N)cc1OC. The van der Waals surface area contributed by atoms with Crippen LogP contribution < -0.4 is 20.5 Å². The first-order valence-electron chi connectivity index (χ1n) is 6.87. The second-order valence-corrected chi connectivity index (χ2v) is 4.75. The zero-order valence-corrected chi connectivity index (χ0v) is 12.6. The minimum Gasteiger partial charge on any atom is -0.493 e. The van der Waals surface area contributed by atoms with Crippen molar-refractivity contribution < 1.29 is 14.3 Å². The maximum absolute atomic E-state index is 11.8. The van der Waals surface area contributed by atoms with Gasteiger partial charge in [0.25, 0.3) is 5.91 Å². The molecular formula is C15H24N2O3. The Bertz CT molecular complexity index is 447. The third kappa shape index (κ3) is 4.42. The third-order valence-electron chi connectivity index (χ3n) is 2.94. The van der Waals surface area contributed by atoms with Gasteiger partial charge in [0.05, 0.1) is 7.11 Å². The van der Waals surface area contributed by atoms with Crippen molar-refractivity contribution in [2.45, 2.75) is 39.3 Å². The minimum absolute atomic E-state index is 0.0803. The highest BCUT2D eigenvalue weighted by Crippen LogP contribution is 2.30. The smallest absolute Gasteiger partial charge is 0.260 e. The number of benzene rings is 1. The van der Waals surface area contributed by atoms with Crippen molar-refractivity contribution in [3.63, 3.8) is 0 Å². The van der Waals surface area contributed by atoms with Gasteiger partial charge in [-0.2, -0.15) is 0 Å². The molecule has 0 saturated heterocycles. The summed E-state index contributed by atoms with van der Waals surface area (Å²) in [5.41, 5.74) is 6.79. The van der Waals surface area contributed by atoms with Crippen LogP contribution >= 0.6 is 0 Å². The molecule has 112 valence electrons. The predicted octanol–water partition coefficient (Wildman–Crippen LogP) is 2.01. The average Bonchev–Trinajstić information content (AvgIpc) is 2.44. The van der Waals surface area contributed by atoms with Crippen LogP contribution in [0.25, 0.3) is 0 Å². The van der Waals surface area contributed by atoms with Gasteiger partial charge in [0.15, 0.2) is 17.6 Å². The summed E-state index contributed by atoms with van der Waals surface area (Å²) in [4.78, 5) is 11.8. The standard InChI is InChI=1S/C15H24N2O3/c1-5-8-17-15(18)11(3)20-13-7-6-12(10(2)16)9-14(13)19-4/h6-7,9-11H,5,8,16H2,1-4H3,(H,17,18). The summed E-state index contributed by atoms with van der Waals surface area (Å²) in [5.74, 6) is 0.983. The average molecular weight is 280 g/mol. The van der Waals surface area contributed by atoms with Gasteiger partial charge in [0.1, 0.15) is 0 Å². The van der Waals surface area contributed by atoms with E-state index in [0.717, 1.165) is 12.0 Å². The topological polar surface area (TPSA) is 73.6 Å². The van der Waals surface area contributed by atoms with Crippen LogP contribution in [0, 0.1) is 0 Å². The van der Waals surface area contributed by atoms with E-state index in [1.165, 1.54) is 0 Å². The van der Waals surface area contributed by atoms with E-state index in [4.69, 9.17) is 15.2 Å². The molecule has 0 bridgehead atoms. The summed E-state index contributed by atoms with van der Waals surface area (Å²) < 4.78 is 10.9. The molecule has 0 fully saturated rings. The number of hydrogen-bond donors (Lipinski definition) is 2. The van der Waals surface area contributed by atoms with Crippen molar-refractivity contribution >= 4 is 5.91 Å². The van der Waals surface area contributed by atoms with Gasteiger partial charge in [-0.1, -0.05) is 13.0 Å². The van der Waals surface area contributed by atoms with E-state index >= 15 is 0 Å². The number of hydrogen-bond acceptors (Lipinski definition) is 4. The Morgan fingerprint density at radius 3 is 2.60 bits per heavy atom. The Morgan fingerprint density at radius 2 is 2.05 bits per heavy atom. The summed E-state index contributed by atoms with van der Waals surface area (Å²) in [5, 5.41) is 2.79. The molecule has 0 aliphatic heterocycles. The molecule has 5 heteroatoms. The summed E-state index contributed by atoms with van der Waals surface area (Å²) >= 11 is 0. The lowest BCUT2D eigenvalue weighted by Gasteiger charge is -2.17. The predicted molar refractivity (Wildman–Crippen MR) is 79.0 cm³/mol. The third-order valence-corrected chi connectivity index (χ3v) is 2.94. The Labute approximate surface area is 120 Å². The Hall–Kier alpha value is -1.75. The molecule has 20 heavy (non-hydrogen) atoms. The van der Waals surface area contributed by atoms with Crippen LogP contribution in [0.15, 0.2) is 18.2 Å². The van der Waals surface area contributed by atoms with Gasteiger partial charge in [-0.3, -0.25) is 4.79 Å². The number of nitrogens with one attached hydrogen (secondary N) is 1. The fourth-order valence-electron chi connectivity index (χ4n) is 1.70. The van der Waals surface area contributed by atoms with Gasteiger partial charge in [0.2, 0.25) is 0 Å². The van der Waals surface area contributed by atoms with Gasteiger partial charge in [-0.15, -0.1) is 0 Å². The maximum Gasteiger partial charge on any atom is 0.260 e. The van der Waals surface area contributed by atoms with Crippen molar-refractivity contribution in [3.8, 4) is 11.5 Å². The minimum atomic E-state index is -0.573. The second-order valence-electron chi connectivity index (χ2n) is 4.75. The van der Waals surface area contributed by atoms with Crippen LogP contribution in [0.5, 0.6) is 11.5 Å². The summed E-state index contributed by atoms with van der Waals surface area (Å²) in [6.07, 6.45) is 0.321. The van der Waals surface area contributed by atoms with Crippen LogP contribution in [0.4, 0.5) is 0 Å². The zero-order valence-electron chi connectivity index (χ0n) is 12.6. The molecule has 0 radical (unpaired) electrons. The van der Waals surface area contributed by atoms with Gasteiger partial charge >= 0.3 is 0 Å². The van der Waals surface area contributed by atoms with Gasteiger partial charge in [-0.25, -0.2) is 0 Å². The van der Waals surface area contributed by atoms with Crippen molar-refractivity contribution in [2.24, 2.45) is 5.73 Å². The maximum atomic E-state index is 11.8. The molecule has 1 aromatic rings. The normalized spacial score (nSPS) is 13.4. The van der Waals surface area contributed by atoms with Crippen LogP contribution in [-0.4, -0.2) is 25.7 Å². The number of nitrogens with two attached hydrogens (primary N) is 1. The number of ether oxygens (including phenoxy) is 2. The summed E-state index contributed by atoms with van der Waals surface area (Å²) in [6, 6.07) is 5.40. The molecule has 3 N–H and O–H groups in total. The van der Waals surface area contributed by atoms with Crippen LogP contribution in [-0.2, 0) is 4.79 Å². The molecule has 0 aromatic heterocycles. The lowest BCUT2D eigenvalue weighted by Crippen LogP contribution is -2.36. The molecule has 0 saturated carbocycles. The molecule has 1 aromatic carbocycles. The van der Waals surface area contributed by atoms with E-state index in [2.05, 4.69) is 5.32 Å². The van der Waals surface area contributed by atoms with Gasteiger partial charge in [-0.05, 0) is 38.0 Å². The summed E-state index contributed by atoms with van der Waals surface area (Å²) in [7, 11) is 1.56. The molecule has 0 aliphatic rings. The number of amides is 1. The van der Waals surface area contributed by atoms with Crippen molar-refractivity contribution in [3.05, 3.63) is 23.8 Å². The van der Waals surface area contributed by atoms with Crippen LogP contribution in [0.2, 0.25) is 0 Å². The van der Waals surface area contributed by atoms with Crippen LogP contribution in [0.3, 0.4) is 0 Å².